The molecule has 3 rings (SSSR count). The Morgan fingerprint density at radius 1 is 0.962 bits per heavy atom. The number of aromatic nitrogens is 1. The summed E-state index contributed by atoms with van der Waals surface area (Å²) >= 11 is 1.58. The third kappa shape index (κ3) is 14.4. The Balaban J connectivity index is 1.69. The lowest BCUT2D eigenvalue weighted by atomic mass is 9.85. The number of benzene rings is 1. The highest BCUT2D eigenvalue weighted by Gasteiger charge is 2.45. The number of likely N-dealkylation sites (tertiary alicyclic amines) is 1. The number of azide groups is 1. The molecule has 292 valence electrons. The third-order valence-corrected chi connectivity index (χ3v) is 10.8. The van der Waals surface area contributed by atoms with Crippen molar-refractivity contribution in [3.63, 3.8) is 0 Å². The van der Waals surface area contributed by atoms with Crippen LogP contribution in [-0.2, 0) is 19.2 Å². The van der Waals surface area contributed by atoms with E-state index in [2.05, 4.69) is 31.0 Å². The molecule has 0 saturated carbocycles. The van der Waals surface area contributed by atoms with Crippen LogP contribution in [0.1, 0.15) is 128 Å². The number of nitrogens with two attached hydrogens (primary N) is 1. The molecule has 0 spiro atoms. The van der Waals surface area contributed by atoms with Crippen LogP contribution in [0, 0.1) is 12.3 Å². The molecule has 53 heavy (non-hydrogen) atoms. The van der Waals surface area contributed by atoms with Crippen LogP contribution in [0.2, 0.25) is 0 Å². The molecule has 4 atom stereocenters. The lowest BCUT2D eigenvalue weighted by Crippen LogP contribution is -2.58. The first-order valence-corrected chi connectivity index (χ1v) is 20.1. The smallest absolute Gasteiger partial charge is 0.246 e. The summed E-state index contributed by atoms with van der Waals surface area (Å²) in [6.45, 7) is 10.8. The van der Waals surface area contributed by atoms with Crippen molar-refractivity contribution >= 4 is 35.0 Å². The van der Waals surface area contributed by atoms with Crippen molar-refractivity contribution in [1.82, 2.24) is 25.8 Å². The van der Waals surface area contributed by atoms with Gasteiger partial charge < -0.3 is 26.6 Å². The second-order valence-electron chi connectivity index (χ2n) is 15.3. The zero-order chi connectivity index (χ0) is 38.8. The Hall–Kier alpha value is -4.00. The lowest BCUT2D eigenvalue weighted by molar-refractivity contribution is -0.144. The van der Waals surface area contributed by atoms with Crippen LogP contribution in [0.15, 0.2) is 34.9 Å². The summed E-state index contributed by atoms with van der Waals surface area (Å²) in [5.74, 6) is -1.03. The zero-order valence-corrected chi connectivity index (χ0v) is 33.2. The topological polar surface area (TPSA) is 195 Å². The van der Waals surface area contributed by atoms with E-state index in [4.69, 9.17) is 11.3 Å². The number of hydrogen-bond donors (Lipinski definition) is 4. The van der Waals surface area contributed by atoms with Gasteiger partial charge in [0.05, 0.1) is 22.1 Å². The number of thiazole rings is 1. The minimum Gasteiger partial charge on any atom is -0.351 e. The molecule has 1 aliphatic heterocycles. The number of aryl methyl sites for hydroxylation is 1. The molecule has 0 radical (unpaired) electrons. The maximum Gasteiger partial charge on any atom is 0.246 e. The molecule has 14 heteroatoms. The van der Waals surface area contributed by atoms with Gasteiger partial charge in [-0.25, -0.2) is 4.98 Å². The van der Waals surface area contributed by atoms with Crippen LogP contribution in [0.5, 0.6) is 0 Å². The van der Waals surface area contributed by atoms with Gasteiger partial charge in [-0.2, -0.15) is 0 Å². The van der Waals surface area contributed by atoms with Crippen LogP contribution in [0.4, 0.5) is 0 Å². The average Bonchev–Trinajstić information content (AvgIpc) is 3.75. The number of hydrogen-bond acceptors (Lipinski definition) is 8. The van der Waals surface area contributed by atoms with Crippen molar-refractivity contribution in [2.24, 2.45) is 16.3 Å². The summed E-state index contributed by atoms with van der Waals surface area (Å²) in [6.07, 6.45) is 10.4. The Morgan fingerprint density at radius 3 is 2.19 bits per heavy atom. The van der Waals surface area contributed by atoms with Crippen molar-refractivity contribution in [1.29, 1.82) is 0 Å². The van der Waals surface area contributed by atoms with E-state index in [1.54, 1.807) is 11.3 Å². The number of amides is 4. The highest BCUT2D eigenvalue weighted by molar-refractivity contribution is 7.13. The first-order valence-electron chi connectivity index (χ1n) is 19.3. The molecular weight excluding hydrogens is 691 g/mol. The fourth-order valence-corrected chi connectivity index (χ4v) is 7.49. The van der Waals surface area contributed by atoms with Gasteiger partial charge in [0.15, 0.2) is 0 Å². The van der Waals surface area contributed by atoms with Crippen LogP contribution >= 0.6 is 11.3 Å². The summed E-state index contributed by atoms with van der Waals surface area (Å²) in [7, 11) is 0. The lowest BCUT2D eigenvalue weighted by Gasteiger charge is -2.35. The molecule has 4 amide bonds. The SMILES string of the molecule is Cc1ncsc1-c1ccc([C@H](C)NC(=O)[C@@H]2C[C@@H](NC(=O)CCCCN=[N+]=[N-])CN2C(=O)C(NC(=O)CCCCCCCCCCN)C(C)(C)C)cc1. The van der Waals surface area contributed by atoms with Gasteiger partial charge in [-0.1, -0.05) is 88.7 Å². The largest absolute Gasteiger partial charge is 0.351 e. The quantitative estimate of drug-likeness (QED) is 0.0439. The van der Waals surface area contributed by atoms with Gasteiger partial charge in [0.25, 0.3) is 0 Å². The molecule has 1 unspecified atom stereocenters. The zero-order valence-electron chi connectivity index (χ0n) is 32.4. The first kappa shape index (κ1) is 43.4. The van der Waals surface area contributed by atoms with E-state index in [0.29, 0.717) is 25.8 Å². The van der Waals surface area contributed by atoms with E-state index in [9.17, 15) is 19.2 Å². The van der Waals surface area contributed by atoms with E-state index < -0.39 is 23.5 Å². The molecule has 0 bridgehead atoms. The highest BCUT2D eigenvalue weighted by atomic mass is 32.1. The van der Waals surface area contributed by atoms with Gasteiger partial charge in [-0.15, -0.1) is 11.3 Å². The Kier molecular flexibility index (Phi) is 18.2. The monoisotopic (exact) mass is 751 g/mol. The predicted octanol–water partition coefficient (Wildman–Crippen LogP) is 6.86. The molecule has 2 aromatic rings. The van der Waals surface area contributed by atoms with Crippen molar-refractivity contribution in [2.75, 3.05) is 19.6 Å². The van der Waals surface area contributed by atoms with E-state index in [-0.39, 0.29) is 49.1 Å². The second-order valence-corrected chi connectivity index (χ2v) is 16.1. The Bertz CT molecular complexity index is 1520. The van der Waals surface area contributed by atoms with Gasteiger partial charge in [0.2, 0.25) is 23.6 Å². The van der Waals surface area contributed by atoms with Gasteiger partial charge >= 0.3 is 0 Å². The van der Waals surface area contributed by atoms with E-state index in [1.165, 1.54) is 17.7 Å². The summed E-state index contributed by atoms with van der Waals surface area (Å²) in [5, 5.41) is 12.6. The van der Waals surface area contributed by atoms with E-state index >= 15 is 0 Å². The molecular formula is C39H61N9O4S. The number of nitrogens with zero attached hydrogens (tertiary/aromatic N) is 5. The summed E-state index contributed by atoms with van der Waals surface area (Å²) in [6, 6.07) is 5.52. The molecule has 2 heterocycles. The summed E-state index contributed by atoms with van der Waals surface area (Å²) in [5.41, 5.74) is 18.2. The molecule has 1 aromatic heterocycles. The van der Waals surface area contributed by atoms with Crippen molar-refractivity contribution in [3.8, 4) is 10.4 Å². The summed E-state index contributed by atoms with van der Waals surface area (Å²) in [4.78, 5) is 64.1. The number of carbonyl (C=O) groups excluding carboxylic acids is 4. The minimum absolute atomic E-state index is 0.145. The Labute approximate surface area is 319 Å². The highest BCUT2D eigenvalue weighted by Crippen LogP contribution is 2.30. The summed E-state index contributed by atoms with van der Waals surface area (Å²) < 4.78 is 0. The molecule has 13 nitrogen and oxygen atoms in total. The average molecular weight is 752 g/mol. The molecule has 1 saturated heterocycles. The maximum atomic E-state index is 14.4. The van der Waals surface area contributed by atoms with Crippen molar-refractivity contribution in [3.05, 3.63) is 51.5 Å². The number of nitrogens with one attached hydrogen (secondary N) is 3. The molecule has 1 fully saturated rings. The predicted molar refractivity (Wildman–Crippen MR) is 211 cm³/mol. The fraction of sp³-hybridized carbons (Fsp3) is 0.667. The standard InChI is InChI=1S/C39H61N9O4S/c1-27(29-18-20-30(21-19-29)35-28(2)42-26-53-35)44-37(51)32-24-31(45-33(49)17-13-15-23-43-47-41)25-48(32)38(52)36(39(3,4)5)46-34(50)16-12-10-8-6-7-9-11-14-22-40/h18-21,26-27,31-32,36H,6-17,22-25,40H2,1-5H3,(H,44,51)(H,45,49)(H,46,50)/t27-,31+,32-,36?/m0/s1. The Morgan fingerprint density at radius 2 is 1.58 bits per heavy atom. The second kappa shape index (κ2) is 22.3. The normalized spacial score (nSPS) is 16.8. The van der Waals surface area contributed by atoms with E-state index in [1.807, 2.05) is 64.4 Å². The van der Waals surface area contributed by atoms with E-state index in [0.717, 1.165) is 66.8 Å². The number of unbranched alkanes of at least 4 members (excludes halogenated alkanes) is 8. The van der Waals surface area contributed by atoms with Crippen molar-refractivity contribution in [2.45, 2.75) is 142 Å². The van der Waals surface area contributed by atoms with Gasteiger partial charge in [0, 0.05) is 36.9 Å². The fourth-order valence-electron chi connectivity index (χ4n) is 6.68. The van der Waals surface area contributed by atoms with Gasteiger partial charge in [0.1, 0.15) is 12.1 Å². The minimum atomic E-state index is -0.858. The third-order valence-electron chi connectivity index (χ3n) is 9.78. The van der Waals surface area contributed by atoms with Crippen LogP contribution in [0.3, 0.4) is 0 Å². The van der Waals surface area contributed by atoms with Crippen LogP contribution < -0.4 is 21.7 Å². The van der Waals surface area contributed by atoms with Gasteiger partial charge in [-0.05, 0) is 74.6 Å². The van der Waals surface area contributed by atoms with Gasteiger partial charge in [-0.3, -0.25) is 19.2 Å². The molecule has 1 aliphatic rings. The molecule has 1 aromatic carbocycles. The van der Waals surface area contributed by atoms with Crippen molar-refractivity contribution < 1.29 is 19.2 Å². The number of rotatable bonds is 22. The molecule has 5 N–H and O–H groups in total. The van der Waals surface area contributed by atoms with Crippen LogP contribution in [0.25, 0.3) is 20.9 Å². The maximum absolute atomic E-state index is 14.4. The molecule has 0 aliphatic carbocycles. The van der Waals surface area contributed by atoms with Crippen LogP contribution in [-0.4, -0.2) is 71.3 Å². The number of carbonyl (C=O) groups is 4. The first-order chi connectivity index (χ1) is 25.3.